The number of hydrogen-bond acceptors (Lipinski definition) is 4. The van der Waals surface area contributed by atoms with Crippen LogP contribution >= 0.6 is 0 Å². The predicted molar refractivity (Wildman–Crippen MR) is 63.1 cm³/mol. The SMILES string of the molecule is Nc1ccccc1C1=CC=CC(O)(O)C1N. The lowest BCUT2D eigenvalue weighted by Crippen LogP contribution is -2.48. The van der Waals surface area contributed by atoms with Gasteiger partial charge in [-0.15, -0.1) is 0 Å². The molecule has 0 fully saturated rings. The van der Waals surface area contributed by atoms with Crippen LogP contribution in [0.5, 0.6) is 0 Å². The van der Waals surface area contributed by atoms with Gasteiger partial charge in [-0.1, -0.05) is 30.4 Å². The molecule has 4 nitrogen and oxygen atoms in total. The molecule has 1 aliphatic carbocycles. The minimum Gasteiger partial charge on any atom is -0.398 e. The Kier molecular flexibility index (Phi) is 2.55. The van der Waals surface area contributed by atoms with E-state index in [1.165, 1.54) is 6.08 Å². The van der Waals surface area contributed by atoms with Crippen LogP contribution in [-0.2, 0) is 0 Å². The molecule has 1 aromatic rings. The third-order valence-electron chi connectivity index (χ3n) is 2.68. The molecule has 0 aliphatic heterocycles. The Morgan fingerprint density at radius 3 is 2.56 bits per heavy atom. The van der Waals surface area contributed by atoms with E-state index < -0.39 is 11.8 Å². The highest BCUT2D eigenvalue weighted by Gasteiger charge is 2.34. The van der Waals surface area contributed by atoms with Crippen molar-refractivity contribution in [3.05, 3.63) is 48.1 Å². The molecule has 16 heavy (non-hydrogen) atoms. The highest BCUT2D eigenvalue weighted by molar-refractivity contribution is 5.80. The molecule has 1 unspecified atom stereocenters. The lowest BCUT2D eigenvalue weighted by Gasteiger charge is -2.30. The lowest BCUT2D eigenvalue weighted by atomic mass is 9.88. The molecular formula is C12H14N2O2. The molecule has 84 valence electrons. The zero-order valence-electron chi connectivity index (χ0n) is 8.67. The van der Waals surface area contributed by atoms with Gasteiger partial charge in [-0.3, -0.25) is 0 Å². The van der Waals surface area contributed by atoms with E-state index in [0.29, 0.717) is 11.3 Å². The molecule has 0 radical (unpaired) electrons. The van der Waals surface area contributed by atoms with Crippen molar-refractivity contribution in [3.63, 3.8) is 0 Å². The normalized spacial score (nSPS) is 22.9. The van der Waals surface area contributed by atoms with Crippen LogP contribution in [0.15, 0.2) is 42.5 Å². The maximum atomic E-state index is 9.63. The Bertz CT molecular complexity index is 464. The second-order valence-corrected chi connectivity index (χ2v) is 3.83. The molecule has 1 aliphatic rings. The van der Waals surface area contributed by atoms with Gasteiger partial charge >= 0.3 is 0 Å². The van der Waals surface area contributed by atoms with Crippen LogP contribution in [0.3, 0.4) is 0 Å². The van der Waals surface area contributed by atoms with Crippen molar-refractivity contribution >= 4 is 11.3 Å². The van der Waals surface area contributed by atoms with Crippen molar-refractivity contribution in [2.24, 2.45) is 5.73 Å². The fourth-order valence-electron chi connectivity index (χ4n) is 1.75. The molecule has 0 spiro atoms. The summed E-state index contributed by atoms with van der Waals surface area (Å²) in [6, 6.07) is 6.29. The summed E-state index contributed by atoms with van der Waals surface area (Å²) in [6.45, 7) is 0. The third kappa shape index (κ3) is 1.74. The van der Waals surface area contributed by atoms with Gasteiger partial charge in [0, 0.05) is 11.3 Å². The van der Waals surface area contributed by atoms with E-state index in [4.69, 9.17) is 11.5 Å². The molecule has 0 saturated carbocycles. The molecule has 0 amide bonds. The monoisotopic (exact) mass is 218 g/mol. The number of hydrogen-bond donors (Lipinski definition) is 4. The fraction of sp³-hybridized carbons (Fsp3) is 0.167. The van der Waals surface area contributed by atoms with Crippen molar-refractivity contribution in [1.29, 1.82) is 0 Å². The van der Waals surface area contributed by atoms with Gasteiger partial charge in [0.15, 0.2) is 0 Å². The van der Waals surface area contributed by atoms with Gasteiger partial charge in [-0.2, -0.15) is 0 Å². The molecule has 0 aromatic heterocycles. The van der Waals surface area contributed by atoms with E-state index in [0.717, 1.165) is 5.56 Å². The quantitative estimate of drug-likeness (QED) is 0.401. The number of para-hydroxylation sites is 1. The molecule has 0 bridgehead atoms. The number of allylic oxidation sites excluding steroid dienone is 2. The summed E-state index contributed by atoms with van der Waals surface area (Å²) in [5.74, 6) is -2.02. The van der Waals surface area contributed by atoms with Gasteiger partial charge in [-0.25, -0.2) is 0 Å². The summed E-state index contributed by atoms with van der Waals surface area (Å²) in [4.78, 5) is 0. The van der Waals surface area contributed by atoms with E-state index in [1.807, 2.05) is 12.1 Å². The summed E-state index contributed by atoms with van der Waals surface area (Å²) in [6.07, 6.45) is 4.55. The summed E-state index contributed by atoms with van der Waals surface area (Å²) >= 11 is 0. The van der Waals surface area contributed by atoms with Gasteiger partial charge in [0.1, 0.15) is 0 Å². The van der Waals surface area contributed by atoms with E-state index in [1.54, 1.807) is 24.3 Å². The molecule has 2 rings (SSSR count). The maximum Gasteiger partial charge on any atom is 0.203 e. The number of rotatable bonds is 1. The van der Waals surface area contributed by atoms with Gasteiger partial charge < -0.3 is 21.7 Å². The highest BCUT2D eigenvalue weighted by Crippen LogP contribution is 2.30. The summed E-state index contributed by atoms with van der Waals surface area (Å²) in [5.41, 5.74) is 13.5. The van der Waals surface area contributed by atoms with Crippen LogP contribution in [0.1, 0.15) is 5.56 Å². The van der Waals surface area contributed by atoms with Crippen molar-refractivity contribution in [2.45, 2.75) is 11.8 Å². The Morgan fingerprint density at radius 2 is 1.88 bits per heavy atom. The molecule has 0 saturated heterocycles. The van der Waals surface area contributed by atoms with E-state index >= 15 is 0 Å². The first kappa shape index (κ1) is 10.9. The number of benzene rings is 1. The van der Waals surface area contributed by atoms with Crippen LogP contribution in [0.2, 0.25) is 0 Å². The molecule has 6 N–H and O–H groups in total. The summed E-state index contributed by atoms with van der Waals surface area (Å²) in [7, 11) is 0. The molecular weight excluding hydrogens is 204 g/mol. The zero-order valence-corrected chi connectivity index (χ0v) is 8.67. The maximum absolute atomic E-state index is 9.63. The number of nitrogen functional groups attached to an aromatic ring is 1. The molecule has 1 atom stereocenters. The Balaban J connectivity index is 2.47. The average molecular weight is 218 g/mol. The summed E-state index contributed by atoms with van der Waals surface area (Å²) in [5, 5.41) is 19.3. The Morgan fingerprint density at radius 1 is 1.19 bits per heavy atom. The van der Waals surface area contributed by atoms with Gasteiger partial charge in [0.05, 0.1) is 6.04 Å². The van der Waals surface area contributed by atoms with Gasteiger partial charge in [0.25, 0.3) is 0 Å². The van der Waals surface area contributed by atoms with Crippen molar-refractivity contribution in [2.75, 3.05) is 5.73 Å². The molecule has 4 heteroatoms. The van der Waals surface area contributed by atoms with Crippen molar-refractivity contribution in [3.8, 4) is 0 Å². The predicted octanol–water partition coefficient (Wildman–Crippen LogP) is 0.230. The highest BCUT2D eigenvalue weighted by atomic mass is 16.5. The minimum atomic E-state index is -2.02. The van der Waals surface area contributed by atoms with E-state index in [9.17, 15) is 10.2 Å². The van der Waals surface area contributed by atoms with Crippen LogP contribution in [0.25, 0.3) is 5.57 Å². The Labute approximate surface area is 93.5 Å². The van der Waals surface area contributed by atoms with Gasteiger partial charge in [-0.05, 0) is 17.7 Å². The van der Waals surface area contributed by atoms with Crippen LogP contribution < -0.4 is 11.5 Å². The molecule has 0 heterocycles. The number of anilines is 1. The second-order valence-electron chi connectivity index (χ2n) is 3.83. The van der Waals surface area contributed by atoms with Crippen LogP contribution in [-0.4, -0.2) is 22.0 Å². The minimum absolute atomic E-state index is 0.565. The Hall–Kier alpha value is -1.62. The van der Waals surface area contributed by atoms with E-state index in [2.05, 4.69) is 0 Å². The first-order valence-electron chi connectivity index (χ1n) is 4.97. The van der Waals surface area contributed by atoms with Crippen molar-refractivity contribution in [1.82, 2.24) is 0 Å². The fourth-order valence-corrected chi connectivity index (χ4v) is 1.75. The molecule has 1 aromatic carbocycles. The second kappa shape index (κ2) is 3.75. The topological polar surface area (TPSA) is 92.5 Å². The zero-order chi connectivity index (χ0) is 11.8. The van der Waals surface area contributed by atoms with Crippen LogP contribution in [0, 0.1) is 0 Å². The third-order valence-corrected chi connectivity index (χ3v) is 2.68. The van der Waals surface area contributed by atoms with Gasteiger partial charge in [0.2, 0.25) is 5.79 Å². The summed E-state index contributed by atoms with van der Waals surface area (Å²) < 4.78 is 0. The first-order valence-corrected chi connectivity index (χ1v) is 4.97. The van der Waals surface area contributed by atoms with Crippen molar-refractivity contribution < 1.29 is 10.2 Å². The lowest BCUT2D eigenvalue weighted by molar-refractivity contribution is -0.123. The smallest absolute Gasteiger partial charge is 0.203 e. The largest absolute Gasteiger partial charge is 0.398 e. The van der Waals surface area contributed by atoms with E-state index in [-0.39, 0.29) is 0 Å². The first-order chi connectivity index (χ1) is 7.52. The standard InChI is InChI=1S/C12H14N2O2/c13-10-6-2-1-4-8(10)9-5-3-7-12(15,16)11(9)14/h1-7,11,15-16H,13-14H2. The number of aliphatic hydroxyl groups is 2. The van der Waals surface area contributed by atoms with Crippen LogP contribution in [0.4, 0.5) is 5.69 Å². The number of nitrogens with two attached hydrogens (primary N) is 2. The average Bonchev–Trinajstić information content (AvgIpc) is 2.23.